The highest BCUT2D eigenvalue weighted by Crippen LogP contribution is 2.32. The monoisotopic (exact) mass is 354 g/mol. The Morgan fingerprint density at radius 1 is 1.33 bits per heavy atom. The van der Waals surface area contributed by atoms with Crippen LogP contribution in [0.3, 0.4) is 0 Å². The third-order valence-electron chi connectivity index (χ3n) is 4.28. The molecule has 1 fully saturated rings. The van der Waals surface area contributed by atoms with E-state index < -0.39 is 0 Å². The second-order valence-corrected chi connectivity index (χ2v) is 6.58. The predicted molar refractivity (Wildman–Crippen MR) is 88.8 cm³/mol. The molecular weight excluding hydrogens is 332 g/mol. The van der Waals surface area contributed by atoms with Gasteiger partial charge in [-0.3, -0.25) is 4.79 Å². The van der Waals surface area contributed by atoms with Gasteiger partial charge in [0.15, 0.2) is 0 Å². The number of carbonyl (C=O) groups is 1. The van der Waals surface area contributed by atoms with Gasteiger partial charge in [-0.25, -0.2) is 0 Å². The number of nitrogens with one attached hydrogen (secondary N) is 2. The molecule has 1 aliphatic carbocycles. The van der Waals surface area contributed by atoms with Gasteiger partial charge in [0.2, 0.25) is 5.91 Å². The fraction of sp³-hybridized carbons (Fsp3) is 0.562. The molecule has 1 saturated carbocycles. The fourth-order valence-electron chi connectivity index (χ4n) is 3.02. The van der Waals surface area contributed by atoms with Crippen LogP contribution in [0.1, 0.15) is 38.5 Å². The lowest BCUT2D eigenvalue weighted by molar-refractivity contribution is -0.117. The van der Waals surface area contributed by atoms with Gasteiger partial charge in [0, 0.05) is 16.4 Å². The first-order valence-corrected chi connectivity index (χ1v) is 8.20. The summed E-state index contributed by atoms with van der Waals surface area (Å²) in [6.07, 6.45) is 6.27. The quantitative estimate of drug-likeness (QED) is 0.847. The van der Waals surface area contributed by atoms with E-state index in [0.717, 1.165) is 17.3 Å². The molecule has 0 radical (unpaired) electrons. The van der Waals surface area contributed by atoms with Crippen molar-refractivity contribution < 1.29 is 9.53 Å². The van der Waals surface area contributed by atoms with E-state index in [1.807, 2.05) is 25.2 Å². The van der Waals surface area contributed by atoms with Crippen LogP contribution in [0.25, 0.3) is 0 Å². The molecule has 0 unspecified atom stereocenters. The minimum Gasteiger partial charge on any atom is -0.495 e. The maximum atomic E-state index is 12.4. The lowest BCUT2D eigenvalue weighted by atomic mass is 9.79. The van der Waals surface area contributed by atoms with Crippen LogP contribution in [-0.2, 0) is 4.79 Å². The number of hydrogen-bond acceptors (Lipinski definition) is 3. The lowest BCUT2D eigenvalue weighted by Gasteiger charge is -2.36. The summed E-state index contributed by atoms with van der Waals surface area (Å²) in [6.45, 7) is 0. The van der Waals surface area contributed by atoms with Crippen molar-refractivity contribution in [3.63, 3.8) is 0 Å². The minimum atomic E-state index is -0.0540. The zero-order valence-electron chi connectivity index (χ0n) is 12.7. The first-order valence-electron chi connectivity index (χ1n) is 7.41. The SMILES string of the molecule is CNC1(CC(=O)Nc2cc(Br)ccc2OC)CCCCC1. The largest absolute Gasteiger partial charge is 0.495 e. The molecule has 1 aromatic rings. The van der Waals surface area contributed by atoms with E-state index in [4.69, 9.17) is 4.74 Å². The number of hydrogen-bond donors (Lipinski definition) is 2. The molecule has 1 amide bonds. The topological polar surface area (TPSA) is 50.4 Å². The summed E-state index contributed by atoms with van der Waals surface area (Å²) >= 11 is 3.42. The standard InChI is InChI=1S/C16H23BrN2O2/c1-18-16(8-4-3-5-9-16)11-15(20)19-13-10-12(17)6-7-14(13)21-2/h6-7,10,18H,3-5,8-9,11H2,1-2H3,(H,19,20). The second kappa shape index (κ2) is 7.27. The minimum absolute atomic E-state index is 0.0302. The van der Waals surface area contributed by atoms with Gasteiger partial charge in [-0.2, -0.15) is 0 Å². The smallest absolute Gasteiger partial charge is 0.226 e. The Bertz CT molecular complexity index is 499. The van der Waals surface area contributed by atoms with E-state index in [1.54, 1.807) is 7.11 Å². The highest BCUT2D eigenvalue weighted by molar-refractivity contribution is 9.10. The van der Waals surface area contributed by atoms with Crippen LogP contribution in [0.4, 0.5) is 5.69 Å². The van der Waals surface area contributed by atoms with Crippen molar-refractivity contribution in [2.75, 3.05) is 19.5 Å². The average Bonchev–Trinajstić information content (AvgIpc) is 2.48. The van der Waals surface area contributed by atoms with Crippen LogP contribution in [0.15, 0.2) is 22.7 Å². The van der Waals surface area contributed by atoms with Gasteiger partial charge in [-0.05, 0) is 38.1 Å². The van der Waals surface area contributed by atoms with Crippen LogP contribution < -0.4 is 15.4 Å². The first kappa shape index (κ1) is 16.3. The molecule has 0 atom stereocenters. The highest BCUT2D eigenvalue weighted by atomic mass is 79.9. The van der Waals surface area contributed by atoms with E-state index in [0.29, 0.717) is 17.9 Å². The van der Waals surface area contributed by atoms with Crippen LogP contribution in [0.2, 0.25) is 0 Å². The molecule has 1 aliphatic rings. The lowest BCUT2D eigenvalue weighted by Crippen LogP contribution is -2.47. The number of carbonyl (C=O) groups excluding carboxylic acids is 1. The number of amides is 1. The maximum Gasteiger partial charge on any atom is 0.226 e. The Labute approximate surface area is 134 Å². The van der Waals surface area contributed by atoms with Crippen molar-refractivity contribution in [3.05, 3.63) is 22.7 Å². The summed E-state index contributed by atoms with van der Waals surface area (Å²) in [5.41, 5.74) is 0.653. The van der Waals surface area contributed by atoms with Crippen LogP contribution in [0.5, 0.6) is 5.75 Å². The molecule has 0 aliphatic heterocycles. The summed E-state index contributed by atoms with van der Waals surface area (Å²) < 4.78 is 6.21. The van der Waals surface area contributed by atoms with E-state index in [1.165, 1.54) is 19.3 Å². The third kappa shape index (κ3) is 4.20. The van der Waals surface area contributed by atoms with Gasteiger partial charge in [-0.15, -0.1) is 0 Å². The summed E-state index contributed by atoms with van der Waals surface area (Å²) in [4.78, 5) is 12.4. The third-order valence-corrected chi connectivity index (χ3v) is 4.77. The molecule has 2 rings (SSSR count). The van der Waals surface area contributed by atoms with Crippen LogP contribution in [0, 0.1) is 0 Å². The first-order chi connectivity index (χ1) is 10.1. The number of anilines is 1. The number of rotatable bonds is 5. The molecule has 0 heterocycles. The van der Waals surface area contributed by atoms with Gasteiger partial charge >= 0.3 is 0 Å². The molecule has 2 N–H and O–H groups in total. The van der Waals surface area contributed by atoms with E-state index >= 15 is 0 Å². The van der Waals surface area contributed by atoms with Gasteiger partial charge in [0.05, 0.1) is 12.8 Å². The molecule has 116 valence electrons. The molecule has 0 aromatic heterocycles. The van der Waals surface area contributed by atoms with Crippen LogP contribution in [-0.4, -0.2) is 25.6 Å². The number of methoxy groups -OCH3 is 1. The zero-order chi connectivity index (χ0) is 15.3. The van der Waals surface area contributed by atoms with Gasteiger partial charge in [0.1, 0.15) is 5.75 Å². The van der Waals surface area contributed by atoms with Gasteiger partial charge < -0.3 is 15.4 Å². The summed E-state index contributed by atoms with van der Waals surface area (Å²) in [5.74, 6) is 0.705. The van der Waals surface area contributed by atoms with Crippen molar-refractivity contribution in [2.45, 2.75) is 44.1 Å². The fourth-order valence-corrected chi connectivity index (χ4v) is 3.38. The second-order valence-electron chi connectivity index (χ2n) is 5.66. The molecule has 4 nitrogen and oxygen atoms in total. The normalized spacial score (nSPS) is 17.3. The maximum absolute atomic E-state index is 12.4. The number of benzene rings is 1. The van der Waals surface area contributed by atoms with E-state index in [9.17, 15) is 4.79 Å². The molecular formula is C16H23BrN2O2. The Morgan fingerprint density at radius 3 is 2.67 bits per heavy atom. The number of halogens is 1. The summed E-state index contributed by atoms with van der Waals surface area (Å²) in [5, 5.41) is 6.35. The van der Waals surface area contributed by atoms with E-state index in [2.05, 4.69) is 26.6 Å². The van der Waals surface area contributed by atoms with Gasteiger partial charge in [-0.1, -0.05) is 35.2 Å². The van der Waals surface area contributed by atoms with Crippen LogP contribution >= 0.6 is 15.9 Å². The Balaban J connectivity index is 2.05. The number of ether oxygens (including phenoxy) is 1. The average molecular weight is 355 g/mol. The molecule has 5 heteroatoms. The molecule has 21 heavy (non-hydrogen) atoms. The Kier molecular flexibility index (Phi) is 5.65. The zero-order valence-corrected chi connectivity index (χ0v) is 14.3. The van der Waals surface area contributed by atoms with Crippen molar-refractivity contribution in [1.82, 2.24) is 5.32 Å². The van der Waals surface area contributed by atoms with Crippen molar-refractivity contribution in [2.24, 2.45) is 0 Å². The van der Waals surface area contributed by atoms with Crippen molar-refractivity contribution in [1.29, 1.82) is 0 Å². The van der Waals surface area contributed by atoms with E-state index in [-0.39, 0.29) is 11.4 Å². The highest BCUT2D eigenvalue weighted by Gasteiger charge is 2.32. The molecule has 1 aromatic carbocycles. The molecule has 0 spiro atoms. The predicted octanol–water partition coefficient (Wildman–Crippen LogP) is 3.71. The molecule has 0 bridgehead atoms. The molecule has 0 saturated heterocycles. The van der Waals surface area contributed by atoms with Crippen molar-refractivity contribution in [3.8, 4) is 5.75 Å². The Hall–Kier alpha value is -1.07. The van der Waals surface area contributed by atoms with Gasteiger partial charge in [0.25, 0.3) is 0 Å². The summed E-state index contributed by atoms with van der Waals surface area (Å²) in [7, 11) is 3.56. The summed E-state index contributed by atoms with van der Waals surface area (Å²) in [6, 6.07) is 5.60. The Morgan fingerprint density at radius 2 is 2.05 bits per heavy atom. The van der Waals surface area contributed by atoms with Crippen molar-refractivity contribution >= 4 is 27.5 Å².